The van der Waals surface area contributed by atoms with Gasteiger partial charge in [-0.2, -0.15) is 0 Å². The average molecular weight is 225 g/mol. The molecule has 5 nitrogen and oxygen atoms in total. The van der Waals surface area contributed by atoms with Crippen LogP contribution in [0.3, 0.4) is 0 Å². The number of carboxylic acid groups (broad SMARTS) is 1. The molecule has 88 valence electrons. The van der Waals surface area contributed by atoms with E-state index in [2.05, 4.69) is 5.32 Å². The van der Waals surface area contributed by atoms with Crippen LogP contribution >= 0.6 is 0 Å². The molecule has 1 saturated carbocycles. The van der Waals surface area contributed by atoms with E-state index in [0.717, 1.165) is 12.8 Å². The standard InChI is InChI=1S/C11H15NO4/c13-9(7-1-2-7)6-12-5-8-3-4-16-10(8)11(14)15/h3-4,7,9,12-13H,1-2,5-6H2,(H,14,15). The zero-order valence-corrected chi connectivity index (χ0v) is 8.85. The summed E-state index contributed by atoms with van der Waals surface area (Å²) in [4.78, 5) is 10.7. The van der Waals surface area contributed by atoms with E-state index < -0.39 is 5.97 Å². The van der Waals surface area contributed by atoms with E-state index in [9.17, 15) is 9.90 Å². The maximum absolute atomic E-state index is 10.7. The number of aliphatic hydroxyl groups excluding tert-OH is 1. The number of carboxylic acids is 1. The maximum Gasteiger partial charge on any atom is 0.372 e. The fourth-order valence-electron chi connectivity index (χ4n) is 1.66. The van der Waals surface area contributed by atoms with Crippen molar-refractivity contribution in [3.8, 4) is 0 Å². The Morgan fingerprint density at radius 2 is 2.38 bits per heavy atom. The Kier molecular flexibility index (Phi) is 3.26. The van der Waals surface area contributed by atoms with Crippen LogP contribution in [0.2, 0.25) is 0 Å². The van der Waals surface area contributed by atoms with Gasteiger partial charge in [-0.25, -0.2) is 4.79 Å². The molecular weight excluding hydrogens is 210 g/mol. The number of hydrogen-bond acceptors (Lipinski definition) is 4. The number of carbonyl (C=O) groups is 1. The Morgan fingerprint density at radius 3 is 3.00 bits per heavy atom. The molecule has 1 aliphatic carbocycles. The first-order valence-electron chi connectivity index (χ1n) is 5.37. The molecule has 0 aromatic carbocycles. The Bertz CT molecular complexity index is 370. The molecule has 1 heterocycles. The number of rotatable bonds is 6. The molecule has 1 aliphatic rings. The third-order valence-electron chi connectivity index (χ3n) is 2.78. The molecule has 0 aliphatic heterocycles. The summed E-state index contributed by atoms with van der Waals surface area (Å²) in [5.41, 5.74) is 0.607. The quantitative estimate of drug-likeness (QED) is 0.668. The smallest absolute Gasteiger partial charge is 0.372 e. The number of nitrogens with one attached hydrogen (secondary N) is 1. The molecule has 1 atom stereocenters. The molecule has 16 heavy (non-hydrogen) atoms. The van der Waals surface area contributed by atoms with Crippen LogP contribution in [0.4, 0.5) is 0 Å². The summed E-state index contributed by atoms with van der Waals surface area (Å²) in [6.45, 7) is 0.900. The molecule has 1 fully saturated rings. The van der Waals surface area contributed by atoms with Crippen molar-refractivity contribution in [2.75, 3.05) is 6.54 Å². The van der Waals surface area contributed by atoms with Crippen molar-refractivity contribution in [2.24, 2.45) is 5.92 Å². The lowest BCUT2D eigenvalue weighted by Crippen LogP contribution is -2.28. The van der Waals surface area contributed by atoms with Crippen LogP contribution in [0.1, 0.15) is 29.0 Å². The van der Waals surface area contributed by atoms with Crippen LogP contribution in [0.15, 0.2) is 16.7 Å². The van der Waals surface area contributed by atoms with Crippen molar-refractivity contribution in [3.05, 3.63) is 23.7 Å². The SMILES string of the molecule is O=C(O)c1occc1CNCC(O)C1CC1. The van der Waals surface area contributed by atoms with Gasteiger partial charge in [0.05, 0.1) is 12.4 Å². The number of hydrogen-bond donors (Lipinski definition) is 3. The van der Waals surface area contributed by atoms with E-state index in [1.165, 1.54) is 6.26 Å². The minimum absolute atomic E-state index is 0.0339. The maximum atomic E-state index is 10.7. The fraction of sp³-hybridized carbons (Fsp3) is 0.545. The highest BCUT2D eigenvalue weighted by atomic mass is 16.4. The Labute approximate surface area is 93.1 Å². The molecule has 5 heteroatoms. The zero-order valence-electron chi connectivity index (χ0n) is 8.85. The lowest BCUT2D eigenvalue weighted by molar-refractivity contribution is 0.0660. The van der Waals surface area contributed by atoms with Gasteiger partial charge < -0.3 is 19.9 Å². The summed E-state index contributed by atoms with van der Waals surface area (Å²) in [6.07, 6.45) is 3.22. The molecule has 0 bridgehead atoms. The molecule has 0 spiro atoms. The second-order valence-corrected chi connectivity index (χ2v) is 4.12. The van der Waals surface area contributed by atoms with Crippen molar-refractivity contribution in [1.82, 2.24) is 5.32 Å². The van der Waals surface area contributed by atoms with Gasteiger partial charge in [-0.05, 0) is 24.8 Å². The highest BCUT2D eigenvalue weighted by molar-refractivity contribution is 5.86. The van der Waals surface area contributed by atoms with E-state index in [-0.39, 0.29) is 11.9 Å². The summed E-state index contributed by atoms with van der Waals surface area (Å²) in [7, 11) is 0. The van der Waals surface area contributed by atoms with Crippen LogP contribution in [0, 0.1) is 5.92 Å². The van der Waals surface area contributed by atoms with Crippen molar-refractivity contribution < 1.29 is 19.4 Å². The Balaban J connectivity index is 1.80. The van der Waals surface area contributed by atoms with Crippen molar-refractivity contribution in [3.63, 3.8) is 0 Å². The molecule has 0 saturated heterocycles. The predicted molar refractivity (Wildman–Crippen MR) is 56.1 cm³/mol. The summed E-state index contributed by atoms with van der Waals surface area (Å²) in [6, 6.07) is 1.62. The highest BCUT2D eigenvalue weighted by Crippen LogP contribution is 2.32. The summed E-state index contributed by atoms with van der Waals surface area (Å²) >= 11 is 0. The average Bonchev–Trinajstić information content (AvgIpc) is 2.98. The monoisotopic (exact) mass is 225 g/mol. The Morgan fingerprint density at radius 1 is 1.62 bits per heavy atom. The molecule has 1 aromatic heterocycles. The molecule has 2 rings (SSSR count). The fourth-order valence-corrected chi connectivity index (χ4v) is 1.66. The largest absolute Gasteiger partial charge is 0.475 e. The minimum Gasteiger partial charge on any atom is -0.475 e. The molecule has 0 amide bonds. The summed E-state index contributed by atoms with van der Waals surface area (Å²) in [5.74, 6) is -0.672. The number of aromatic carboxylic acids is 1. The van der Waals surface area contributed by atoms with E-state index in [4.69, 9.17) is 9.52 Å². The van der Waals surface area contributed by atoms with Crippen molar-refractivity contribution in [1.29, 1.82) is 0 Å². The van der Waals surface area contributed by atoms with Gasteiger partial charge in [0.25, 0.3) is 0 Å². The third kappa shape index (κ3) is 2.62. The first-order chi connectivity index (χ1) is 7.68. The predicted octanol–water partition coefficient (Wildman–Crippen LogP) is 0.838. The third-order valence-corrected chi connectivity index (χ3v) is 2.78. The van der Waals surface area contributed by atoms with E-state index in [1.54, 1.807) is 6.07 Å². The molecular formula is C11H15NO4. The van der Waals surface area contributed by atoms with Crippen molar-refractivity contribution >= 4 is 5.97 Å². The van der Waals surface area contributed by atoms with Gasteiger partial charge in [0.1, 0.15) is 0 Å². The van der Waals surface area contributed by atoms with Crippen LogP contribution in [0.5, 0.6) is 0 Å². The van der Waals surface area contributed by atoms with Gasteiger partial charge in [-0.1, -0.05) is 0 Å². The molecule has 1 aromatic rings. The van der Waals surface area contributed by atoms with Crippen LogP contribution in [-0.2, 0) is 6.54 Å². The van der Waals surface area contributed by atoms with Gasteiger partial charge >= 0.3 is 5.97 Å². The Hall–Kier alpha value is -1.33. The lowest BCUT2D eigenvalue weighted by atomic mass is 10.2. The van der Waals surface area contributed by atoms with E-state index in [0.29, 0.717) is 24.6 Å². The molecule has 0 radical (unpaired) electrons. The molecule has 1 unspecified atom stereocenters. The minimum atomic E-state index is -1.07. The summed E-state index contributed by atoms with van der Waals surface area (Å²) < 4.78 is 4.84. The first-order valence-corrected chi connectivity index (χ1v) is 5.37. The van der Waals surface area contributed by atoms with Crippen LogP contribution in [0.25, 0.3) is 0 Å². The normalized spacial score (nSPS) is 17.3. The highest BCUT2D eigenvalue weighted by Gasteiger charge is 2.29. The second kappa shape index (κ2) is 4.67. The van der Waals surface area contributed by atoms with Gasteiger partial charge in [0.15, 0.2) is 0 Å². The van der Waals surface area contributed by atoms with Gasteiger partial charge in [-0.3, -0.25) is 0 Å². The second-order valence-electron chi connectivity index (χ2n) is 4.12. The van der Waals surface area contributed by atoms with Crippen LogP contribution in [-0.4, -0.2) is 28.8 Å². The number of aliphatic hydroxyl groups is 1. The zero-order chi connectivity index (χ0) is 11.5. The number of furan rings is 1. The topological polar surface area (TPSA) is 82.7 Å². The van der Waals surface area contributed by atoms with E-state index in [1.807, 2.05) is 0 Å². The summed E-state index contributed by atoms with van der Waals surface area (Å²) in [5, 5.41) is 21.4. The van der Waals surface area contributed by atoms with Gasteiger partial charge in [-0.15, -0.1) is 0 Å². The first kappa shape index (κ1) is 11.2. The van der Waals surface area contributed by atoms with Crippen LogP contribution < -0.4 is 5.32 Å². The van der Waals surface area contributed by atoms with Crippen molar-refractivity contribution in [2.45, 2.75) is 25.5 Å². The van der Waals surface area contributed by atoms with Gasteiger partial charge in [0, 0.05) is 18.7 Å². The lowest BCUT2D eigenvalue weighted by Gasteiger charge is -2.09. The van der Waals surface area contributed by atoms with Gasteiger partial charge in [0.2, 0.25) is 5.76 Å². The molecule has 3 N–H and O–H groups in total. The van der Waals surface area contributed by atoms with E-state index >= 15 is 0 Å².